The molecule has 2 atom stereocenters. The number of phenolic OH excluding ortho intramolecular Hbond substituents is 1. The second-order valence-corrected chi connectivity index (χ2v) is 7.31. The average molecular weight is 359 g/mol. The first kappa shape index (κ1) is 18.8. The predicted molar refractivity (Wildman–Crippen MR) is 98.4 cm³/mol. The molecule has 4 nitrogen and oxygen atoms in total. The van der Waals surface area contributed by atoms with Crippen molar-refractivity contribution in [3.8, 4) is 5.75 Å². The molecule has 140 valence electrons. The van der Waals surface area contributed by atoms with Gasteiger partial charge in [-0.3, -0.25) is 4.90 Å². The van der Waals surface area contributed by atoms with Crippen molar-refractivity contribution in [1.29, 1.82) is 0 Å². The molecule has 0 spiro atoms. The molecule has 3 N–H and O–H groups in total. The van der Waals surface area contributed by atoms with E-state index in [1.807, 2.05) is 6.92 Å². The van der Waals surface area contributed by atoms with Gasteiger partial charge in [0.25, 0.3) is 0 Å². The van der Waals surface area contributed by atoms with E-state index >= 15 is 0 Å². The fraction of sp³-hybridized carbons (Fsp3) is 0.429. The maximum Gasteiger partial charge on any atom is 0.123 e. The van der Waals surface area contributed by atoms with Crippen LogP contribution in [-0.2, 0) is 5.60 Å². The number of benzene rings is 2. The summed E-state index contributed by atoms with van der Waals surface area (Å²) in [6, 6.07) is 11.1. The minimum absolute atomic E-state index is 0.114. The molecule has 2 aromatic rings. The van der Waals surface area contributed by atoms with Gasteiger partial charge in [-0.2, -0.15) is 0 Å². The van der Waals surface area contributed by atoms with Crippen LogP contribution in [0, 0.1) is 12.7 Å². The van der Waals surface area contributed by atoms with E-state index in [1.54, 1.807) is 37.3 Å². The zero-order valence-corrected chi connectivity index (χ0v) is 15.2. The van der Waals surface area contributed by atoms with Gasteiger partial charge in [0.1, 0.15) is 11.6 Å². The zero-order chi connectivity index (χ0) is 18.9. The third kappa shape index (κ3) is 3.75. The monoisotopic (exact) mass is 359 g/mol. The number of likely N-dealkylation sites (tertiary alicyclic amines) is 1. The SMILES string of the molecule is Cc1cc(C(O)C(C)N2CCC(O)(c3ccc(F)cc3)CC2)ccc1O. The van der Waals surface area contributed by atoms with E-state index < -0.39 is 11.7 Å². The van der Waals surface area contributed by atoms with Crippen LogP contribution < -0.4 is 0 Å². The topological polar surface area (TPSA) is 63.9 Å². The Labute approximate surface area is 153 Å². The molecule has 5 heteroatoms. The normalized spacial score (nSPS) is 19.9. The summed E-state index contributed by atoms with van der Waals surface area (Å²) in [7, 11) is 0. The predicted octanol–water partition coefficient (Wildman–Crippen LogP) is 3.25. The lowest BCUT2D eigenvalue weighted by Gasteiger charge is -2.42. The number of aromatic hydroxyl groups is 1. The molecule has 1 saturated heterocycles. The Morgan fingerprint density at radius 1 is 1.08 bits per heavy atom. The van der Waals surface area contributed by atoms with Crippen molar-refractivity contribution in [3.05, 3.63) is 65.0 Å². The summed E-state index contributed by atoms with van der Waals surface area (Å²) < 4.78 is 13.1. The van der Waals surface area contributed by atoms with Gasteiger partial charge in [0.05, 0.1) is 11.7 Å². The second kappa shape index (κ2) is 7.35. The molecule has 2 unspecified atom stereocenters. The van der Waals surface area contributed by atoms with Crippen molar-refractivity contribution in [3.63, 3.8) is 0 Å². The molecule has 1 fully saturated rings. The number of aryl methyl sites for hydroxylation is 1. The van der Waals surface area contributed by atoms with Gasteiger partial charge in [-0.05, 0) is 67.6 Å². The summed E-state index contributed by atoms with van der Waals surface area (Å²) >= 11 is 0. The van der Waals surface area contributed by atoms with E-state index in [0.717, 1.165) is 16.7 Å². The van der Waals surface area contributed by atoms with Gasteiger partial charge in [-0.1, -0.05) is 18.2 Å². The quantitative estimate of drug-likeness (QED) is 0.784. The van der Waals surface area contributed by atoms with Crippen molar-refractivity contribution in [2.45, 2.75) is 44.4 Å². The van der Waals surface area contributed by atoms with E-state index in [4.69, 9.17) is 0 Å². The molecular formula is C21H26FNO3. The van der Waals surface area contributed by atoms with Crippen LogP contribution in [0.1, 0.15) is 42.6 Å². The molecule has 0 radical (unpaired) electrons. The van der Waals surface area contributed by atoms with Crippen molar-refractivity contribution in [1.82, 2.24) is 4.90 Å². The van der Waals surface area contributed by atoms with Crippen LogP contribution in [0.4, 0.5) is 4.39 Å². The van der Waals surface area contributed by atoms with E-state index in [2.05, 4.69) is 4.90 Å². The third-order valence-electron chi connectivity index (χ3n) is 5.60. The van der Waals surface area contributed by atoms with Crippen LogP contribution >= 0.6 is 0 Å². The molecule has 1 aliphatic heterocycles. The Morgan fingerprint density at radius 2 is 1.69 bits per heavy atom. The number of halogens is 1. The Hall–Kier alpha value is -1.95. The fourth-order valence-corrected chi connectivity index (χ4v) is 3.69. The second-order valence-electron chi connectivity index (χ2n) is 7.31. The van der Waals surface area contributed by atoms with E-state index in [9.17, 15) is 19.7 Å². The number of nitrogens with zero attached hydrogens (tertiary/aromatic N) is 1. The molecule has 1 aliphatic rings. The van der Waals surface area contributed by atoms with Crippen molar-refractivity contribution >= 4 is 0 Å². The van der Waals surface area contributed by atoms with Crippen LogP contribution in [0.2, 0.25) is 0 Å². The Morgan fingerprint density at radius 3 is 2.27 bits per heavy atom. The summed E-state index contributed by atoms with van der Waals surface area (Å²) in [5, 5.41) is 31.3. The first-order valence-corrected chi connectivity index (χ1v) is 9.00. The molecule has 2 aromatic carbocycles. The lowest BCUT2D eigenvalue weighted by Crippen LogP contribution is -2.47. The molecule has 0 bridgehead atoms. The maximum absolute atomic E-state index is 13.1. The van der Waals surface area contributed by atoms with E-state index in [0.29, 0.717) is 25.9 Å². The number of piperidine rings is 1. The van der Waals surface area contributed by atoms with Crippen LogP contribution in [0.3, 0.4) is 0 Å². The molecule has 3 rings (SSSR count). The summed E-state index contributed by atoms with van der Waals surface area (Å²) in [6.07, 6.45) is 0.389. The molecule has 1 heterocycles. The highest BCUT2D eigenvalue weighted by Gasteiger charge is 2.36. The number of hydrogen-bond acceptors (Lipinski definition) is 4. The van der Waals surface area contributed by atoms with Gasteiger partial charge in [0, 0.05) is 19.1 Å². The maximum atomic E-state index is 13.1. The first-order chi connectivity index (χ1) is 12.3. The fourth-order valence-electron chi connectivity index (χ4n) is 3.69. The molecule has 0 aliphatic carbocycles. The number of aliphatic hydroxyl groups is 2. The summed E-state index contributed by atoms with van der Waals surface area (Å²) in [5.41, 5.74) is 1.29. The minimum Gasteiger partial charge on any atom is -0.508 e. The lowest BCUT2D eigenvalue weighted by molar-refractivity contribution is -0.0502. The van der Waals surface area contributed by atoms with Crippen molar-refractivity contribution in [2.75, 3.05) is 13.1 Å². The Bertz CT molecular complexity index is 754. The standard InChI is InChI=1S/C21H26FNO3/c1-14-13-16(3-8-19(14)24)20(25)15(2)23-11-9-21(26,10-12-23)17-4-6-18(22)7-5-17/h3-8,13,15,20,24-26H,9-12H2,1-2H3. The van der Waals surface area contributed by atoms with Crippen LogP contribution in [-0.4, -0.2) is 39.4 Å². The van der Waals surface area contributed by atoms with Crippen molar-refractivity contribution in [2.24, 2.45) is 0 Å². The molecule has 0 amide bonds. The number of rotatable bonds is 4. The van der Waals surface area contributed by atoms with Gasteiger partial charge in [0.2, 0.25) is 0 Å². The number of aliphatic hydroxyl groups excluding tert-OH is 1. The van der Waals surface area contributed by atoms with E-state index in [-0.39, 0.29) is 17.6 Å². The van der Waals surface area contributed by atoms with Crippen LogP contribution in [0.15, 0.2) is 42.5 Å². The van der Waals surface area contributed by atoms with Crippen LogP contribution in [0.25, 0.3) is 0 Å². The highest BCUT2D eigenvalue weighted by atomic mass is 19.1. The average Bonchev–Trinajstić information content (AvgIpc) is 2.64. The van der Waals surface area contributed by atoms with Gasteiger partial charge in [-0.25, -0.2) is 4.39 Å². The Kier molecular flexibility index (Phi) is 5.32. The van der Waals surface area contributed by atoms with Gasteiger partial charge in [0.15, 0.2) is 0 Å². The van der Waals surface area contributed by atoms with E-state index in [1.165, 1.54) is 12.1 Å². The number of hydrogen-bond donors (Lipinski definition) is 3. The molecular weight excluding hydrogens is 333 g/mol. The molecule has 0 aromatic heterocycles. The highest BCUT2D eigenvalue weighted by molar-refractivity contribution is 5.36. The van der Waals surface area contributed by atoms with Crippen molar-refractivity contribution < 1.29 is 19.7 Å². The van der Waals surface area contributed by atoms with Gasteiger partial charge in [-0.15, -0.1) is 0 Å². The minimum atomic E-state index is -0.954. The largest absolute Gasteiger partial charge is 0.508 e. The first-order valence-electron chi connectivity index (χ1n) is 9.00. The van der Waals surface area contributed by atoms with Gasteiger partial charge >= 0.3 is 0 Å². The summed E-state index contributed by atoms with van der Waals surface area (Å²) in [6.45, 7) is 5.06. The number of phenols is 1. The summed E-state index contributed by atoms with van der Waals surface area (Å²) in [5.74, 6) is -0.0911. The third-order valence-corrected chi connectivity index (χ3v) is 5.60. The Balaban J connectivity index is 1.66. The molecule has 0 saturated carbocycles. The highest BCUT2D eigenvalue weighted by Crippen LogP contribution is 2.35. The summed E-state index contributed by atoms with van der Waals surface area (Å²) in [4.78, 5) is 2.16. The lowest BCUT2D eigenvalue weighted by atomic mass is 9.83. The van der Waals surface area contributed by atoms with Gasteiger partial charge < -0.3 is 15.3 Å². The zero-order valence-electron chi connectivity index (χ0n) is 15.2. The smallest absolute Gasteiger partial charge is 0.123 e. The van der Waals surface area contributed by atoms with Crippen LogP contribution in [0.5, 0.6) is 5.75 Å². The molecule has 26 heavy (non-hydrogen) atoms.